The van der Waals surface area contributed by atoms with Crippen molar-refractivity contribution in [2.24, 2.45) is 0 Å². The molecule has 0 heterocycles. The Kier molecular flexibility index (Phi) is 3.87. The van der Waals surface area contributed by atoms with Crippen molar-refractivity contribution in [1.82, 2.24) is 0 Å². The van der Waals surface area contributed by atoms with Crippen LogP contribution in [0.1, 0.15) is 0 Å². The number of para-hydroxylation sites is 2. The molecule has 6 heteroatoms. The number of halogens is 3. The average molecular weight is 231 g/mol. The van der Waals surface area contributed by atoms with E-state index in [0.717, 1.165) is 0 Å². The number of hydrogen-bond donors (Lipinski definition) is 0. The summed E-state index contributed by atoms with van der Waals surface area (Å²) in [6, 6.07) is 6.50. The van der Waals surface area contributed by atoms with Crippen LogP contribution in [0.5, 0.6) is 11.5 Å². The Morgan fingerprint density at radius 2 is 1.81 bits per heavy atom. The predicted octanol–water partition coefficient (Wildman–Crippen LogP) is 3.02. The van der Waals surface area contributed by atoms with Gasteiger partial charge < -0.3 is 22.4 Å². The molecule has 0 amide bonds. The van der Waals surface area contributed by atoms with Crippen LogP contribution in [0.25, 0.3) is 0 Å². The third-order valence-electron chi connectivity index (χ3n) is 1.95. The fourth-order valence-electron chi connectivity index (χ4n) is 1.00. The van der Waals surface area contributed by atoms with Gasteiger partial charge in [0.2, 0.25) is 0 Å². The zero-order valence-corrected chi connectivity index (χ0v) is 8.75. The van der Waals surface area contributed by atoms with Gasteiger partial charge in [-0.2, -0.15) is 0 Å². The molecular formula is C10H11BF3O2-. The highest BCUT2D eigenvalue weighted by molar-refractivity contribution is 6.66. The minimum Gasteiger partial charge on any atom is -0.493 e. The van der Waals surface area contributed by atoms with E-state index in [2.05, 4.69) is 6.58 Å². The molecule has 0 saturated carbocycles. The maximum absolute atomic E-state index is 12.2. The lowest BCUT2D eigenvalue weighted by Crippen LogP contribution is -2.23. The molecule has 0 atom stereocenters. The van der Waals surface area contributed by atoms with Gasteiger partial charge in [-0.3, -0.25) is 0 Å². The Morgan fingerprint density at radius 1 is 1.25 bits per heavy atom. The second-order valence-corrected chi connectivity index (χ2v) is 3.17. The van der Waals surface area contributed by atoms with Gasteiger partial charge in [0.25, 0.3) is 0 Å². The lowest BCUT2D eigenvalue weighted by atomic mass is 9.81. The first-order chi connectivity index (χ1) is 7.45. The largest absolute Gasteiger partial charge is 0.508 e. The second kappa shape index (κ2) is 4.96. The molecule has 0 radical (unpaired) electrons. The van der Waals surface area contributed by atoms with Gasteiger partial charge in [0.05, 0.1) is 13.7 Å². The summed E-state index contributed by atoms with van der Waals surface area (Å²) in [7, 11) is 1.42. The van der Waals surface area contributed by atoms with Crippen LogP contribution in [0.15, 0.2) is 36.3 Å². The summed E-state index contributed by atoms with van der Waals surface area (Å²) >= 11 is 0. The fraction of sp³-hybridized carbons (Fsp3) is 0.200. The van der Waals surface area contributed by atoms with Crippen LogP contribution < -0.4 is 9.47 Å². The van der Waals surface area contributed by atoms with Crippen LogP contribution in [0.2, 0.25) is 0 Å². The molecule has 0 spiro atoms. The third kappa shape index (κ3) is 3.22. The summed E-state index contributed by atoms with van der Waals surface area (Å²) in [6.07, 6.45) is 0. The van der Waals surface area contributed by atoms with E-state index in [-0.39, 0.29) is 5.75 Å². The van der Waals surface area contributed by atoms with Gasteiger partial charge in [0.15, 0.2) is 11.5 Å². The van der Waals surface area contributed by atoms with Crippen molar-refractivity contribution < 1.29 is 22.4 Å². The van der Waals surface area contributed by atoms with Crippen molar-refractivity contribution >= 4 is 6.98 Å². The topological polar surface area (TPSA) is 18.5 Å². The standard InChI is InChI=1S/C10H11BF3O2/c1-8(11(12,13)14)7-16-10-6-4-3-5-9(10)15-2/h3-6H,1,7H2,2H3/q-1. The SMILES string of the molecule is C=C(COc1ccccc1OC)[B-](F)(F)F. The molecule has 2 nitrogen and oxygen atoms in total. The first-order valence-corrected chi connectivity index (χ1v) is 4.58. The van der Waals surface area contributed by atoms with Crippen molar-refractivity contribution in [3.05, 3.63) is 36.3 Å². The summed E-state index contributed by atoms with van der Waals surface area (Å²) in [6.45, 7) is -2.69. The van der Waals surface area contributed by atoms with Crippen LogP contribution in [0.3, 0.4) is 0 Å². The number of ether oxygens (including phenoxy) is 2. The molecule has 0 aromatic heterocycles. The van der Waals surface area contributed by atoms with Crippen molar-refractivity contribution in [1.29, 1.82) is 0 Å². The minimum absolute atomic E-state index is 0.270. The molecule has 1 rings (SSSR count). The molecule has 88 valence electrons. The quantitative estimate of drug-likeness (QED) is 0.725. The fourth-order valence-corrected chi connectivity index (χ4v) is 1.00. The molecule has 0 aliphatic rings. The van der Waals surface area contributed by atoms with Gasteiger partial charge in [-0.25, -0.2) is 0 Å². The van der Waals surface area contributed by atoms with Gasteiger partial charge in [-0.1, -0.05) is 12.1 Å². The van der Waals surface area contributed by atoms with E-state index in [1.807, 2.05) is 0 Å². The maximum Gasteiger partial charge on any atom is 0.508 e. The maximum atomic E-state index is 12.2. The van der Waals surface area contributed by atoms with E-state index < -0.39 is 19.1 Å². The highest BCUT2D eigenvalue weighted by atomic mass is 19.4. The minimum atomic E-state index is -5.05. The summed E-state index contributed by atoms with van der Waals surface area (Å²) in [5.74, 6) is 0.663. The molecule has 0 fully saturated rings. The summed E-state index contributed by atoms with van der Waals surface area (Å²) < 4.78 is 46.5. The molecule has 0 aliphatic heterocycles. The van der Waals surface area contributed by atoms with Crippen LogP contribution in [-0.4, -0.2) is 20.7 Å². The molecule has 0 saturated heterocycles. The summed E-state index contributed by atoms with van der Waals surface area (Å²) in [5, 5.41) is 0. The lowest BCUT2D eigenvalue weighted by Gasteiger charge is -2.18. The van der Waals surface area contributed by atoms with Gasteiger partial charge >= 0.3 is 6.98 Å². The highest BCUT2D eigenvalue weighted by Crippen LogP contribution is 2.27. The van der Waals surface area contributed by atoms with Gasteiger partial charge in [0.1, 0.15) is 0 Å². The van der Waals surface area contributed by atoms with E-state index in [1.165, 1.54) is 13.2 Å². The smallest absolute Gasteiger partial charge is 0.493 e. The van der Waals surface area contributed by atoms with E-state index >= 15 is 0 Å². The first kappa shape index (κ1) is 12.5. The monoisotopic (exact) mass is 231 g/mol. The Balaban J connectivity index is 2.65. The van der Waals surface area contributed by atoms with Gasteiger partial charge in [-0.15, -0.1) is 12.1 Å². The van der Waals surface area contributed by atoms with Crippen LogP contribution in [0, 0.1) is 0 Å². The summed E-state index contributed by atoms with van der Waals surface area (Å²) in [5.41, 5.74) is -0.870. The number of hydrogen-bond acceptors (Lipinski definition) is 2. The molecule has 0 N–H and O–H groups in total. The van der Waals surface area contributed by atoms with E-state index in [1.54, 1.807) is 18.2 Å². The van der Waals surface area contributed by atoms with Crippen molar-refractivity contribution in [2.45, 2.75) is 0 Å². The number of methoxy groups -OCH3 is 1. The molecule has 0 bridgehead atoms. The van der Waals surface area contributed by atoms with Crippen molar-refractivity contribution in [2.75, 3.05) is 13.7 Å². The highest BCUT2D eigenvalue weighted by Gasteiger charge is 2.27. The van der Waals surface area contributed by atoms with Crippen LogP contribution in [-0.2, 0) is 0 Å². The molecule has 1 aromatic carbocycles. The van der Waals surface area contributed by atoms with E-state index in [4.69, 9.17) is 9.47 Å². The number of benzene rings is 1. The summed E-state index contributed by atoms with van der Waals surface area (Å²) in [4.78, 5) is 0. The zero-order chi connectivity index (χ0) is 12.2. The van der Waals surface area contributed by atoms with Crippen molar-refractivity contribution in [3.63, 3.8) is 0 Å². The van der Waals surface area contributed by atoms with Crippen molar-refractivity contribution in [3.8, 4) is 11.5 Å². The van der Waals surface area contributed by atoms with Gasteiger partial charge in [0, 0.05) is 0 Å². The van der Waals surface area contributed by atoms with E-state index in [9.17, 15) is 12.9 Å². The van der Waals surface area contributed by atoms with Gasteiger partial charge in [-0.05, 0) is 12.1 Å². The average Bonchev–Trinajstić information content (AvgIpc) is 2.24. The first-order valence-electron chi connectivity index (χ1n) is 4.58. The molecule has 0 aliphatic carbocycles. The molecule has 1 aromatic rings. The zero-order valence-electron chi connectivity index (χ0n) is 8.75. The molecular weight excluding hydrogens is 220 g/mol. The van der Waals surface area contributed by atoms with Crippen LogP contribution >= 0.6 is 0 Å². The lowest BCUT2D eigenvalue weighted by molar-refractivity contribution is 0.317. The Labute approximate surface area is 91.7 Å². The molecule has 16 heavy (non-hydrogen) atoms. The predicted molar refractivity (Wildman–Crippen MR) is 56.7 cm³/mol. The Morgan fingerprint density at radius 3 is 2.31 bits per heavy atom. The Bertz CT molecular complexity index is 377. The third-order valence-corrected chi connectivity index (χ3v) is 1.95. The van der Waals surface area contributed by atoms with Crippen LogP contribution in [0.4, 0.5) is 12.9 Å². The number of rotatable bonds is 5. The Hall–Kier alpha value is -1.59. The van der Waals surface area contributed by atoms with E-state index in [0.29, 0.717) is 5.75 Å². The normalized spacial score (nSPS) is 11.0. The second-order valence-electron chi connectivity index (χ2n) is 3.17. The molecule has 0 unspecified atom stereocenters.